The minimum Gasteiger partial charge on any atom is -0.369 e. The van der Waals surface area contributed by atoms with Gasteiger partial charge >= 0.3 is 0 Å². The molecule has 2 heteroatoms. The van der Waals surface area contributed by atoms with Crippen molar-refractivity contribution < 1.29 is 9.47 Å². The Bertz CT molecular complexity index is 268. The number of rotatable bonds is 0. The quantitative estimate of drug-likeness (QED) is 0.377. The van der Waals surface area contributed by atoms with E-state index in [1.165, 1.54) is 0 Å². The van der Waals surface area contributed by atoms with Gasteiger partial charge in [0, 0.05) is 0 Å². The third-order valence-electron chi connectivity index (χ3n) is 5.75. The first-order valence-corrected chi connectivity index (χ1v) is 5.28. The van der Waals surface area contributed by atoms with Crippen LogP contribution in [0.4, 0.5) is 0 Å². The fraction of sp³-hybridized carbons (Fsp3) is 1.00. The van der Waals surface area contributed by atoms with Gasteiger partial charge in [0.15, 0.2) is 0 Å². The number of hydrogen-bond acceptors (Lipinski definition) is 2. The minimum absolute atomic E-state index is 0.705. The maximum Gasteiger partial charge on any atom is 0.0879 e. The van der Waals surface area contributed by atoms with Crippen LogP contribution >= 0.6 is 0 Å². The Morgan fingerprint density at radius 3 is 1.08 bits per heavy atom. The number of hydrogen-bond donors (Lipinski definition) is 0. The number of epoxide rings is 2. The fourth-order valence-electron chi connectivity index (χ4n) is 5.54. The van der Waals surface area contributed by atoms with Crippen molar-refractivity contribution in [2.45, 2.75) is 24.4 Å². The Hall–Kier alpha value is -0.0800. The molecule has 8 atom stereocenters. The van der Waals surface area contributed by atoms with E-state index in [1.807, 2.05) is 0 Å². The van der Waals surface area contributed by atoms with Crippen LogP contribution in [0.3, 0.4) is 0 Å². The Kier molecular flexibility index (Phi) is 0.436. The molecule has 0 spiro atoms. The van der Waals surface area contributed by atoms with Gasteiger partial charge in [0.05, 0.1) is 24.4 Å². The first-order valence-electron chi connectivity index (χ1n) is 5.28. The summed E-state index contributed by atoms with van der Waals surface area (Å²) >= 11 is 0. The Morgan fingerprint density at radius 1 is 0.417 bits per heavy atom. The normalized spacial score (nSPS) is 94.0. The first-order chi connectivity index (χ1) is 5.97. The zero-order valence-corrected chi connectivity index (χ0v) is 6.59. The molecule has 2 heterocycles. The molecular weight excluding hydrogens is 152 g/mol. The van der Waals surface area contributed by atoms with Gasteiger partial charge in [-0.1, -0.05) is 0 Å². The summed E-state index contributed by atoms with van der Waals surface area (Å²) in [5, 5.41) is 0. The van der Waals surface area contributed by atoms with Crippen molar-refractivity contribution in [2.24, 2.45) is 35.5 Å². The highest BCUT2D eigenvalue weighted by Gasteiger charge is 2.89. The molecule has 12 heavy (non-hydrogen) atoms. The van der Waals surface area contributed by atoms with Crippen LogP contribution in [-0.2, 0) is 9.47 Å². The SMILES string of the molecule is O1C2C1C1C3C4OC4C4C2C1C43. The standard InChI is InChI=1S/C10H10O2/c11-7-3-1-2-5(3)9-10(12-9)6(2)4(1)8(7)11/h1-10H. The molecule has 0 amide bonds. The smallest absolute Gasteiger partial charge is 0.0879 e. The highest BCUT2D eigenvalue weighted by atomic mass is 16.6. The largest absolute Gasteiger partial charge is 0.369 e. The van der Waals surface area contributed by atoms with Crippen molar-refractivity contribution in [1.82, 2.24) is 0 Å². The van der Waals surface area contributed by atoms with Crippen LogP contribution in [0.5, 0.6) is 0 Å². The molecule has 6 fully saturated rings. The molecule has 0 bridgehead atoms. The van der Waals surface area contributed by atoms with Crippen molar-refractivity contribution in [1.29, 1.82) is 0 Å². The molecule has 0 aromatic carbocycles. The highest BCUT2D eigenvalue weighted by molar-refractivity contribution is 5.36. The second-order valence-corrected chi connectivity index (χ2v) is 5.59. The molecule has 2 aliphatic heterocycles. The average molecular weight is 162 g/mol. The van der Waals surface area contributed by atoms with E-state index in [4.69, 9.17) is 9.47 Å². The van der Waals surface area contributed by atoms with Gasteiger partial charge in [-0.2, -0.15) is 0 Å². The Balaban J connectivity index is 1.67. The third-order valence-corrected chi connectivity index (χ3v) is 5.75. The van der Waals surface area contributed by atoms with Crippen LogP contribution in [0.25, 0.3) is 0 Å². The molecule has 0 aromatic rings. The maximum absolute atomic E-state index is 5.73. The van der Waals surface area contributed by atoms with Crippen LogP contribution in [0, 0.1) is 35.5 Å². The van der Waals surface area contributed by atoms with Crippen molar-refractivity contribution in [3.05, 3.63) is 0 Å². The average Bonchev–Trinajstić information content (AvgIpc) is 2.73. The lowest BCUT2D eigenvalue weighted by Crippen LogP contribution is -2.62. The van der Waals surface area contributed by atoms with Crippen LogP contribution in [-0.4, -0.2) is 24.4 Å². The summed E-state index contributed by atoms with van der Waals surface area (Å²) in [6.07, 6.45) is 2.82. The van der Waals surface area contributed by atoms with Crippen LogP contribution in [0.15, 0.2) is 0 Å². The predicted molar refractivity (Wildman–Crippen MR) is 38.3 cm³/mol. The van der Waals surface area contributed by atoms with Gasteiger partial charge in [-0.25, -0.2) is 0 Å². The zero-order valence-electron chi connectivity index (χ0n) is 6.59. The third kappa shape index (κ3) is 0.252. The second kappa shape index (κ2) is 1.05. The van der Waals surface area contributed by atoms with Gasteiger partial charge < -0.3 is 9.47 Å². The maximum atomic E-state index is 5.73. The molecule has 0 aromatic heterocycles. The molecule has 6 rings (SSSR count). The summed E-state index contributed by atoms with van der Waals surface area (Å²) in [6, 6.07) is 0. The molecule has 62 valence electrons. The first kappa shape index (κ1) is 4.97. The number of fused-ring (bicyclic) bond motifs is 8. The Morgan fingerprint density at radius 2 is 0.750 bits per heavy atom. The summed E-state index contributed by atoms with van der Waals surface area (Å²) in [4.78, 5) is 0. The van der Waals surface area contributed by atoms with Crippen LogP contribution < -0.4 is 0 Å². The molecular formula is C10H10O2. The van der Waals surface area contributed by atoms with Gasteiger partial charge in [0.2, 0.25) is 0 Å². The molecule has 0 N–H and O–H groups in total. The molecule has 4 saturated carbocycles. The highest BCUT2D eigenvalue weighted by Crippen LogP contribution is 2.84. The summed E-state index contributed by atoms with van der Waals surface area (Å²) in [6.45, 7) is 0. The predicted octanol–water partition coefficient (Wildman–Crippen LogP) is 0.273. The molecule has 0 radical (unpaired) electrons. The second-order valence-electron chi connectivity index (χ2n) is 5.59. The van der Waals surface area contributed by atoms with Gasteiger partial charge in [-0.3, -0.25) is 0 Å². The lowest BCUT2D eigenvalue weighted by Gasteiger charge is -2.61. The zero-order chi connectivity index (χ0) is 7.19. The van der Waals surface area contributed by atoms with Crippen LogP contribution in [0.2, 0.25) is 0 Å². The van der Waals surface area contributed by atoms with Crippen molar-refractivity contribution in [3.8, 4) is 0 Å². The summed E-state index contributed by atoms with van der Waals surface area (Å²) < 4.78 is 11.5. The molecule has 2 saturated heterocycles. The number of ether oxygens (including phenoxy) is 2. The summed E-state index contributed by atoms with van der Waals surface area (Å²) in [5.41, 5.74) is 0. The van der Waals surface area contributed by atoms with E-state index >= 15 is 0 Å². The van der Waals surface area contributed by atoms with Gasteiger partial charge in [-0.05, 0) is 35.5 Å². The van der Waals surface area contributed by atoms with E-state index in [0.717, 1.165) is 35.5 Å². The summed E-state index contributed by atoms with van der Waals surface area (Å²) in [7, 11) is 0. The van der Waals surface area contributed by atoms with E-state index in [0.29, 0.717) is 24.4 Å². The van der Waals surface area contributed by atoms with E-state index in [2.05, 4.69) is 0 Å². The van der Waals surface area contributed by atoms with Crippen LogP contribution in [0.1, 0.15) is 0 Å². The topological polar surface area (TPSA) is 25.1 Å². The minimum atomic E-state index is 0.705. The van der Waals surface area contributed by atoms with Gasteiger partial charge in [0.1, 0.15) is 0 Å². The van der Waals surface area contributed by atoms with Crippen molar-refractivity contribution in [3.63, 3.8) is 0 Å². The summed E-state index contributed by atoms with van der Waals surface area (Å²) in [5.74, 6) is 6.05. The van der Waals surface area contributed by atoms with E-state index in [-0.39, 0.29) is 0 Å². The molecule has 4 aliphatic carbocycles. The van der Waals surface area contributed by atoms with E-state index in [9.17, 15) is 0 Å². The molecule has 6 aliphatic rings. The van der Waals surface area contributed by atoms with Crippen molar-refractivity contribution >= 4 is 0 Å². The molecule has 2 nitrogen and oxygen atoms in total. The fourth-order valence-corrected chi connectivity index (χ4v) is 5.54. The van der Waals surface area contributed by atoms with Gasteiger partial charge in [-0.15, -0.1) is 0 Å². The molecule has 8 unspecified atom stereocenters. The monoisotopic (exact) mass is 162 g/mol. The lowest BCUT2D eigenvalue weighted by molar-refractivity contribution is -0.204. The van der Waals surface area contributed by atoms with Crippen molar-refractivity contribution in [2.75, 3.05) is 0 Å². The lowest BCUT2D eigenvalue weighted by atomic mass is 9.44. The Labute approximate surface area is 70.2 Å². The van der Waals surface area contributed by atoms with E-state index in [1.54, 1.807) is 0 Å². The van der Waals surface area contributed by atoms with Gasteiger partial charge in [0.25, 0.3) is 0 Å². The van der Waals surface area contributed by atoms with E-state index < -0.39 is 0 Å².